The summed E-state index contributed by atoms with van der Waals surface area (Å²) in [5.41, 5.74) is -0.635. The molecule has 0 unspecified atom stereocenters. The minimum Gasteiger partial charge on any atom is -0.495 e. The quantitative estimate of drug-likeness (QED) is 0.469. The summed E-state index contributed by atoms with van der Waals surface area (Å²) in [5, 5.41) is 6.07. The van der Waals surface area contributed by atoms with E-state index in [1.807, 2.05) is 6.26 Å². The number of aromatic nitrogens is 2. The van der Waals surface area contributed by atoms with Gasteiger partial charge in [-0.3, -0.25) is 5.10 Å². The number of sulfone groups is 1. The zero-order valence-electron chi connectivity index (χ0n) is 16.5. The lowest BCUT2D eigenvalue weighted by atomic mass is 9.98. The molecule has 0 radical (unpaired) electrons. The molecule has 1 heterocycles. The van der Waals surface area contributed by atoms with Gasteiger partial charge in [-0.05, 0) is 36.1 Å². The number of ether oxygens (including phenoxy) is 1. The number of H-pyrrole nitrogens is 1. The van der Waals surface area contributed by atoms with E-state index in [1.165, 1.54) is 61.3 Å². The highest BCUT2D eigenvalue weighted by Crippen LogP contribution is 2.42. The topological polar surface area (TPSA) is 72.0 Å². The van der Waals surface area contributed by atoms with Crippen molar-refractivity contribution in [2.75, 3.05) is 24.9 Å². The average Bonchev–Trinajstić information content (AvgIpc) is 3.18. The maximum absolute atomic E-state index is 13.6. The Bertz CT molecular complexity index is 1180. The molecule has 0 bridgehead atoms. The Balaban J connectivity index is 2.10. The Labute approximate surface area is 186 Å². The molecule has 3 aromatic rings. The SMILES string of the molecule is COc1ccc(-c2c(C(F)(F)F)n[nH]c2-c2ccc(S(=O)(=O)CCSC)cc2)cc1Cl. The molecule has 0 fully saturated rings. The summed E-state index contributed by atoms with van der Waals surface area (Å²) < 4.78 is 70.6. The van der Waals surface area contributed by atoms with Crippen molar-refractivity contribution in [3.8, 4) is 28.1 Å². The maximum Gasteiger partial charge on any atom is 0.435 e. The van der Waals surface area contributed by atoms with Gasteiger partial charge in [0.1, 0.15) is 5.75 Å². The molecule has 0 atom stereocenters. The standard InChI is InChI=1S/C20H18ClF3N2O3S2/c1-29-16-8-5-13(11-15(16)21)17-18(25-26-19(17)20(22,23)24)12-3-6-14(7-4-12)31(27,28)10-9-30-2/h3-8,11H,9-10H2,1-2H3,(H,25,26). The second-order valence-corrected chi connectivity index (χ2v) is 10.0. The molecule has 3 rings (SSSR count). The first-order valence-corrected chi connectivity index (χ1v) is 12.3. The lowest BCUT2D eigenvalue weighted by Gasteiger charge is -2.11. The normalized spacial score (nSPS) is 12.2. The highest BCUT2D eigenvalue weighted by molar-refractivity contribution is 8.00. The molecule has 11 heteroatoms. The number of alkyl halides is 3. The predicted molar refractivity (Wildman–Crippen MR) is 116 cm³/mol. The molecule has 1 N–H and O–H groups in total. The zero-order chi connectivity index (χ0) is 22.8. The number of hydrogen-bond acceptors (Lipinski definition) is 5. The van der Waals surface area contributed by atoms with Crippen LogP contribution in [-0.2, 0) is 16.0 Å². The minimum atomic E-state index is -4.71. The van der Waals surface area contributed by atoms with Gasteiger partial charge in [0.2, 0.25) is 0 Å². The van der Waals surface area contributed by atoms with E-state index in [0.29, 0.717) is 17.1 Å². The van der Waals surface area contributed by atoms with E-state index >= 15 is 0 Å². The van der Waals surface area contributed by atoms with E-state index in [-0.39, 0.29) is 32.5 Å². The van der Waals surface area contributed by atoms with Crippen LogP contribution in [0.3, 0.4) is 0 Å². The number of methoxy groups -OCH3 is 1. The number of rotatable bonds is 7. The van der Waals surface area contributed by atoms with Gasteiger partial charge in [0.05, 0.1) is 28.5 Å². The molecule has 0 saturated carbocycles. The zero-order valence-corrected chi connectivity index (χ0v) is 18.8. The molecule has 0 spiro atoms. The van der Waals surface area contributed by atoms with Gasteiger partial charge in [-0.15, -0.1) is 0 Å². The molecule has 5 nitrogen and oxygen atoms in total. The van der Waals surface area contributed by atoms with E-state index in [2.05, 4.69) is 10.2 Å². The summed E-state index contributed by atoms with van der Waals surface area (Å²) in [7, 11) is -2.07. The molecule has 1 aromatic heterocycles. The second kappa shape index (κ2) is 9.13. The Morgan fingerprint density at radius 1 is 1.13 bits per heavy atom. The van der Waals surface area contributed by atoms with Crippen LogP contribution < -0.4 is 4.74 Å². The fraction of sp³-hybridized carbons (Fsp3) is 0.250. The van der Waals surface area contributed by atoms with Crippen LogP contribution in [-0.4, -0.2) is 43.5 Å². The summed E-state index contributed by atoms with van der Waals surface area (Å²) in [5.74, 6) is 0.747. The van der Waals surface area contributed by atoms with Crippen molar-refractivity contribution in [1.29, 1.82) is 0 Å². The largest absolute Gasteiger partial charge is 0.495 e. The van der Waals surface area contributed by atoms with Crippen molar-refractivity contribution < 1.29 is 26.3 Å². The molecule has 31 heavy (non-hydrogen) atoms. The monoisotopic (exact) mass is 490 g/mol. The number of nitrogens with one attached hydrogen (secondary N) is 1. The van der Waals surface area contributed by atoms with E-state index in [1.54, 1.807) is 0 Å². The van der Waals surface area contributed by atoms with Gasteiger partial charge in [0.15, 0.2) is 15.5 Å². The van der Waals surface area contributed by atoms with Crippen LogP contribution in [0.25, 0.3) is 22.4 Å². The lowest BCUT2D eigenvalue weighted by Crippen LogP contribution is -2.08. The van der Waals surface area contributed by atoms with Crippen LogP contribution in [0.15, 0.2) is 47.4 Å². The molecule has 0 aliphatic rings. The molecule has 0 saturated heterocycles. The van der Waals surface area contributed by atoms with Crippen LogP contribution in [0.4, 0.5) is 13.2 Å². The number of nitrogens with zero attached hydrogens (tertiary/aromatic N) is 1. The molecule has 0 aliphatic carbocycles. The van der Waals surface area contributed by atoms with Gasteiger partial charge >= 0.3 is 6.18 Å². The summed E-state index contributed by atoms with van der Waals surface area (Å²) in [6, 6.07) is 9.95. The molecular weight excluding hydrogens is 473 g/mol. The number of thioether (sulfide) groups is 1. The Morgan fingerprint density at radius 3 is 2.32 bits per heavy atom. The Kier molecular flexibility index (Phi) is 6.92. The molecule has 2 aromatic carbocycles. The molecule has 0 aliphatic heterocycles. The van der Waals surface area contributed by atoms with Gasteiger partial charge < -0.3 is 4.74 Å². The molecule has 0 amide bonds. The van der Waals surface area contributed by atoms with Crippen LogP contribution in [0, 0.1) is 0 Å². The van der Waals surface area contributed by atoms with Crippen molar-refractivity contribution in [2.24, 2.45) is 0 Å². The van der Waals surface area contributed by atoms with Gasteiger partial charge in [0.25, 0.3) is 0 Å². The van der Waals surface area contributed by atoms with Crippen LogP contribution in [0.2, 0.25) is 5.02 Å². The molecular formula is C20H18ClF3N2O3S2. The van der Waals surface area contributed by atoms with Gasteiger partial charge in [-0.1, -0.05) is 29.8 Å². The third kappa shape index (κ3) is 5.02. The van der Waals surface area contributed by atoms with E-state index < -0.39 is 21.7 Å². The van der Waals surface area contributed by atoms with Crippen LogP contribution in [0.5, 0.6) is 5.75 Å². The Hall–Kier alpha value is -2.17. The Morgan fingerprint density at radius 2 is 1.77 bits per heavy atom. The maximum atomic E-state index is 13.6. The third-order valence-electron chi connectivity index (χ3n) is 4.53. The third-order valence-corrected chi connectivity index (χ3v) is 7.43. The number of hydrogen-bond donors (Lipinski definition) is 1. The smallest absolute Gasteiger partial charge is 0.435 e. The van der Waals surface area contributed by atoms with Gasteiger partial charge in [-0.25, -0.2) is 8.42 Å². The van der Waals surface area contributed by atoms with Crippen molar-refractivity contribution in [1.82, 2.24) is 10.2 Å². The first-order valence-electron chi connectivity index (χ1n) is 8.90. The number of benzene rings is 2. The fourth-order valence-electron chi connectivity index (χ4n) is 3.00. The van der Waals surface area contributed by atoms with Crippen LogP contribution in [0.1, 0.15) is 5.69 Å². The highest BCUT2D eigenvalue weighted by atomic mass is 35.5. The second-order valence-electron chi connectivity index (χ2n) is 6.51. The summed E-state index contributed by atoms with van der Waals surface area (Å²) in [6.07, 6.45) is -2.90. The number of aromatic amines is 1. The van der Waals surface area contributed by atoms with Crippen molar-refractivity contribution in [2.45, 2.75) is 11.1 Å². The fourth-order valence-corrected chi connectivity index (χ4v) is 5.59. The van der Waals surface area contributed by atoms with Gasteiger partial charge in [0, 0.05) is 16.9 Å². The first-order chi connectivity index (χ1) is 14.6. The molecule has 166 valence electrons. The van der Waals surface area contributed by atoms with E-state index in [0.717, 1.165) is 0 Å². The van der Waals surface area contributed by atoms with Crippen LogP contribution >= 0.6 is 23.4 Å². The lowest BCUT2D eigenvalue weighted by molar-refractivity contribution is -0.140. The van der Waals surface area contributed by atoms with Gasteiger partial charge in [-0.2, -0.15) is 30.0 Å². The predicted octanol–water partition coefficient (Wildman–Crippen LogP) is 5.56. The van der Waals surface area contributed by atoms with E-state index in [4.69, 9.17) is 16.3 Å². The number of halogens is 4. The van der Waals surface area contributed by atoms with Crippen molar-refractivity contribution in [3.63, 3.8) is 0 Å². The first kappa shape index (κ1) is 23.5. The highest BCUT2D eigenvalue weighted by Gasteiger charge is 2.38. The minimum absolute atomic E-state index is 0.0224. The summed E-state index contributed by atoms with van der Waals surface area (Å²) in [4.78, 5) is 0.106. The van der Waals surface area contributed by atoms with E-state index in [9.17, 15) is 21.6 Å². The average molecular weight is 491 g/mol. The summed E-state index contributed by atoms with van der Waals surface area (Å²) >= 11 is 7.53. The van der Waals surface area contributed by atoms with Crippen molar-refractivity contribution >= 4 is 33.2 Å². The van der Waals surface area contributed by atoms with Crippen molar-refractivity contribution in [3.05, 3.63) is 53.2 Å². The summed E-state index contributed by atoms with van der Waals surface area (Å²) in [6.45, 7) is 0.